The summed E-state index contributed by atoms with van der Waals surface area (Å²) in [6.45, 7) is 4.93. The maximum atomic E-state index is 11.9. The van der Waals surface area contributed by atoms with Gasteiger partial charge in [0.25, 0.3) is 0 Å². The molecule has 1 amide bonds. The minimum Gasteiger partial charge on any atom is -0.494 e. The van der Waals surface area contributed by atoms with E-state index in [9.17, 15) is 9.90 Å². The van der Waals surface area contributed by atoms with Crippen molar-refractivity contribution in [3.8, 4) is 11.5 Å². The first-order valence-corrected chi connectivity index (χ1v) is 9.13. The topological polar surface area (TPSA) is 67.8 Å². The van der Waals surface area contributed by atoms with Gasteiger partial charge in [0.15, 0.2) is 0 Å². The molecule has 2 aromatic carbocycles. The van der Waals surface area contributed by atoms with Crippen molar-refractivity contribution in [3.05, 3.63) is 65.7 Å². The molecular weight excluding hydrogens is 342 g/mol. The molecule has 1 atom stereocenters. The maximum absolute atomic E-state index is 11.9. The third-order valence-electron chi connectivity index (χ3n) is 3.82. The summed E-state index contributed by atoms with van der Waals surface area (Å²) in [6, 6.07) is 15.1. The first-order chi connectivity index (χ1) is 13.1. The molecule has 27 heavy (non-hydrogen) atoms. The van der Waals surface area contributed by atoms with Crippen molar-refractivity contribution >= 4 is 12.0 Å². The summed E-state index contributed by atoms with van der Waals surface area (Å²) in [5.41, 5.74) is 1.90. The summed E-state index contributed by atoms with van der Waals surface area (Å²) in [7, 11) is 0. The van der Waals surface area contributed by atoms with Gasteiger partial charge in [0, 0.05) is 12.6 Å². The second-order valence-corrected chi connectivity index (χ2v) is 6.23. The highest BCUT2D eigenvalue weighted by atomic mass is 16.5. The van der Waals surface area contributed by atoms with Crippen molar-refractivity contribution in [3.63, 3.8) is 0 Å². The highest BCUT2D eigenvalue weighted by Gasteiger charge is 2.07. The van der Waals surface area contributed by atoms with E-state index >= 15 is 0 Å². The number of aryl methyl sites for hydroxylation is 1. The third-order valence-corrected chi connectivity index (χ3v) is 3.82. The molecule has 5 nitrogen and oxygen atoms in total. The molecule has 0 aliphatic rings. The number of aliphatic hydroxyl groups is 1. The molecule has 1 unspecified atom stereocenters. The Bertz CT molecular complexity index is 740. The predicted molar refractivity (Wildman–Crippen MR) is 107 cm³/mol. The Morgan fingerprint density at radius 1 is 1.15 bits per heavy atom. The van der Waals surface area contributed by atoms with E-state index < -0.39 is 6.10 Å². The van der Waals surface area contributed by atoms with Crippen LogP contribution in [0.3, 0.4) is 0 Å². The number of amides is 1. The Morgan fingerprint density at radius 3 is 2.59 bits per heavy atom. The number of hydrogen-bond acceptors (Lipinski definition) is 4. The number of carbonyl (C=O) groups is 1. The van der Waals surface area contributed by atoms with Gasteiger partial charge in [0.2, 0.25) is 5.91 Å². The van der Waals surface area contributed by atoms with Crippen LogP contribution in [0.4, 0.5) is 0 Å². The zero-order valence-electron chi connectivity index (χ0n) is 15.9. The van der Waals surface area contributed by atoms with Crippen LogP contribution >= 0.6 is 0 Å². The molecule has 144 valence electrons. The number of nitrogens with one attached hydrogen (secondary N) is 1. The van der Waals surface area contributed by atoms with Gasteiger partial charge in [0.1, 0.15) is 24.2 Å². The standard InChI is InChI=1S/C22H27NO4/c1-3-14-26-20-11-8-18(9-12-20)10-13-22(25)23-15-19(24)16-27-21-7-5-4-6-17(21)2/h4-13,19,24H,3,14-16H2,1-2H3,(H,23,25)/b13-10+. The number of rotatable bonds is 10. The van der Waals surface area contributed by atoms with Gasteiger partial charge in [-0.05, 0) is 48.7 Å². The van der Waals surface area contributed by atoms with Crippen molar-refractivity contribution in [2.45, 2.75) is 26.4 Å². The average Bonchev–Trinajstić information content (AvgIpc) is 2.69. The van der Waals surface area contributed by atoms with E-state index in [0.717, 1.165) is 29.0 Å². The Kier molecular flexibility index (Phi) is 8.39. The van der Waals surface area contributed by atoms with Crippen LogP contribution in [0.2, 0.25) is 0 Å². The largest absolute Gasteiger partial charge is 0.494 e. The molecule has 0 saturated heterocycles. The highest BCUT2D eigenvalue weighted by molar-refractivity contribution is 5.91. The molecule has 5 heteroatoms. The van der Waals surface area contributed by atoms with Gasteiger partial charge in [-0.2, -0.15) is 0 Å². The van der Waals surface area contributed by atoms with E-state index in [-0.39, 0.29) is 19.1 Å². The van der Waals surface area contributed by atoms with Crippen LogP contribution in [0.25, 0.3) is 6.08 Å². The fourth-order valence-electron chi connectivity index (χ4n) is 2.31. The highest BCUT2D eigenvalue weighted by Crippen LogP contribution is 2.16. The van der Waals surface area contributed by atoms with E-state index in [0.29, 0.717) is 6.61 Å². The molecule has 0 aliphatic heterocycles. The van der Waals surface area contributed by atoms with E-state index in [1.807, 2.05) is 55.5 Å². The lowest BCUT2D eigenvalue weighted by molar-refractivity contribution is -0.117. The second kappa shape index (κ2) is 11.0. The van der Waals surface area contributed by atoms with Crippen molar-refractivity contribution in [2.24, 2.45) is 0 Å². The molecule has 0 saturated carbocycles. The van der Waals surface area contributed by atoms with E-state index in [1.54, 1.807) is 6.08 Å². The molecule has 2 aromatic rings. The lowest BCUT2D eigenvalue weighted by atomic mass is 10.2. The molecule has 0 spiro atoms. The molecule has 0 heterocycles. The van der Waals surface area contributed by atoms with Crippen LogP contribution in [0.1, 0.15) is 24.5 Å². The lowest BCUT2D eigenvalue weighted by Crippen LogP contribution is -2.34. The van der Waals surface area contributed by atoms with Crippen molar-refractivity contribution in [1.29, 1.82) is 0 Å². The van der Waals surface area contributed by atoms with Gasteiger partial charge in [-0.1, -0.05) is 37.3 Å². The van der Waals surface area contributed by atoms with Crippen LogP contribution in [-0.4, -0.2) is 36.9 Å². The van der Waals surface area contributed by atoms with Crippen LogP contribution in [0.15, 0.2) is 54.6 Å². The maximum Gasteiger partial charge on any atom is 0.244 e. The SMILES string of the molecule is CCCOc1ccc(/C=C/C(=O)NCC(O)COc2ccccc2C)cc1. The predicted octanol–water partition coefficient (Wildman–Crippen LogP) is 3.35. The van der Waals surface area contributed by atoms with Gasteiger partial charge in [-0.3, -0.25) is 4.79 Å². The Hall–Kier alpha value is -2.79. The van der Waals surface area contributed by atoms with E-state index in [1.165, 1.54) is 6.08 Å². The fraction of sp³-hybridized carbons (Fsp3) is 0.318. The van der Waals surface area contributed by atoms with E-state index in [4.69, 9.17) is 9.47 Å². The molecule has 0 fully saturated rings. The lowest BCUT2D eigenvalue weighted by Gasteiger charge is -2.14. The summed E-state index contributed by atoms with van der Waals surface area (Å²) in [4.78, 5) is 11.9. The number of carbonyl (C=O) groups excluding carboxylic acids is 1. The number of benzene rings is 2. The Balaban J connectivity index is 1.71. The zero-order chi connectivity index (χ0) is 19.5. The minimum absolute atomic E-state index is 0.119. The van der Waals surface area contributed by atoms with Gasteiger partial charge in [-0.25, -0.2) is 0 Å². The quantitative estimate of drug-likeness (QED) is 0.630. The molecule has 0 aliphatic carbocycles. The van der Waals surface area contributed by atoms with Crippen LogP contribution < -0.4 is 14.8 Å². The molecular formula is C22H27NO4. The summed E-state index contributed by atoms with van der Waals surface area (Å²) in [6.07, 6.45) is 3.34. The fourth-order valence-corrected chi connectivity index (χ4v) is 2.31. The normalized spacial score (nSPS) is 12.0. The number of aliphatic hydroxyl groups excluding tert-OH is 1. The number of ether oxygens (including phenoxy) is 2. The van der Waals surface area contributed by atoms with E-state index in [2.05, 4.69) is 12.2 Å². The van der Waals surface area contributed by atoms with Crippen LogP contribution in [0.5, 0.6) is 11.5 Å². The first-order valence-electron chi connectivity index (χ1n) is 9.13. The Morgan fingerprint density at radius 2 is 1.89 bits per heavy atom. The number of hydrogen-bond donors (Lipinski definition) is 2. The molecule has 2 rings (SSSR count). The van der Waals surface area contributed by atoms with Gasteiger partial charge in [0.05, 0.1) is 6.61 Å². The average molecular weight is 369 g/mol. The summed E-state index contributed by atoms with van der Waals surface area (Å²) >= 11 is 0. The molecule has 0 radical (unpaired) electrons. The van der Waals surface area contributed by atoms with Crippen molar-refractivity contribution < 1.29 is 19.4 Å². The summed E-state index contributed by atoms with van der Waals surface area (Å²) in [5.74, 6) is 1.28. The van der Waals surface area contributed by atoms with Gasteiger partial charge in [-0.15, -0.1) is 0 Å². The van der Waals surface area contributed by atoms with Gasteiger partial charge >= 0.3 is 0 Å². The zero-order valence-corrected chi connectivity index (χ0v) is 15.9. The van der Waals surface area contributed by atoms with Gasteiger partial charge < -0.3 is 19.9 Å². The summed E-state index contributed by atoms with van der Waals surface area (Å²) in [5, 5.41) is 12.6. The molecule has 0 aromatic heterocycles. The first kappa shape index (κ1) is 20.5. The minimum atomic E-state index is -0.781. The third kappa shape index (κ3) is 7.54. The van der Waals surface area contributed by atoms with Crippen molar-refractivity contribution in [1.82, 2.24) is 5.32 Å². The second-order valence-electron chi connectivity index (χ2n) is 6.23. The monoisotopic (exact) mass is 369 g/mol. The number of para-hydroxylation sites is 1. The van der Waals surface area contributed by atoms with Crippen LogP contribution in [-0.2, 0) is 4.79 Å². The van der Waals surface area contributed by atoms with Crippen LogP contribution in [0, 0.1) is 6.92 Å². The Labute approximate surface area is 160 Å². The molecule has 0 bridgehead atoms. The van der Waals surface area contributed by atoms with Crippen molar-refractivity contribution in [2.75, 3.05) is 19.8 Å². The summed E-state index contributed by atoms with van der Waals surface area (Å²) < 4.78 is 11.1. The smallest absolute Gasteiger partial charge is 0.244 e. The molecule has 2 N–H and O–H groups in total.